The molecule has 0 bridgehead atoms. The number of carboxylic acid groups (broad SMARTS) is 1. The van der Waals surface area contributed by atoms with Crippen LogP contribution in [0.1, 0.15) is 20.8 Å². The number of hydrogen-bond donors (Lipinski definition) is 1. The molecule has 1 heterocycles. The number of carbonyl (C=O) groups is 1. The molecule has 2 aromatic rings. The quantitative estimate of drug-likeness (QED) is 0.887. The van der Waals surface area contributed by atoms with Crippen LogP contribution in [0.15, 0.2) is 28.7 Å². The Labute approximate surface area is 112 Å². The van der Waals surface area contributed by atoms with E-state index < -0.39 is 5.97 Å². The van der Waals surface area contributed by atoms with Gasteiger partial charge in [0.15, 0.2) is 0 Å². The molecule has 4 heteroatoms. The Balaban J connectivity index is 2.47. The van der Waals surface area contributed by atoms with Crippen LogP contribution in [0, 0.1) is 13.8 Å². The Morgan fingerprint density at radius 1 is 1.24 bits per heavy atom. The predicted octanol–water partition coefficient (Wildman–Crippen LogP) is 4.49. The van der Waals surface area contributed by atoms with Gasteiger partial charge >= 0.3 is 5.97 Å². The normalized spacial score (nSPS) is 10.5. The van der Waals surface area contributed by atoms with Crippen LogP contribution in [0.25, 0.3) is 10.4 Å². The lowest BCUT2D eigenvalue weighted by molar-refractivity contribution is 0.0697. The van der Waals surface area contributed by atoms with Crippen molar-refractivity contribution in [2.24, 2.45) is 0 Å². The Bertz CT molecular complexity index is 570. The molecule has 0 aliphatic carbocycles. The van der Waals surface area contributed by atoms with E-state index in [-0.39, 0.29) is 0 Å². The maximum absolute atomic E-state index is 10.8. The molecule has 17 heavy (non-hydrogen) atoms. The zero-order valence-electron chi connectivity index (χ0n) is 9.45. The number of aromatic carboxylic acids is 1. The first-order chi connectivity index (χ1) is 8.00. The third-order valence-corrected chi connectivity index (χ3v) is 5.34. The molecule has 2 nitrogen and oxygen atoms in total. The Kier molecular flexibility index (Phi) is 3.35. The first kappa shape index (κ1) is 12.3. The van der Waals surface area contributed by atoms with E-state index in [2.05, 4.69) is 29.8 Å². The summed E-state index contributed by atoms with van der Waals surface area (Å²) in [6.45, 7) is 4.13. The number of carboxylic acids is 1. The zero-order chi connectivity index (χ0) is 12.6. The minimum Gasteiger partial charge on any atom is -0.478 e. The van der Waals surface area contributed by atoms with Crippen molar-refractivity contribution in [2.45, 2.75) is 13.8 Å². The van der Waals surface area contributed by atoms with Crippen LogP contribution in [0.3, 0.4) is 0 Å². The molecule has 0 saturated carbocycles. The lowest BCUT2D eigenvalue weighted by atomic mass is 10.1. The number of halogens is 1. The molecule has 0 radical (unpaired) electrons. The third-order valence-electron chi connectivity index (χ3n) is 2.63. The molecule has 1 aromatic carbocycles. The zero-order valence-corrected chi connectivity index (χ0v) is 11.9. The summed E-state index contributed by atoms with van der Waals surface area (Å²) in [6, 6.07) is 6.99. The monoisotopic (exact) mass is 310 g/mol. The Hall–Kier alpha value is -1.13. The van der Waals surface area contributed by atoms with E-state index in [4.69, 9.17) is 5.11 Å². The van der Waals surface area contributed by atoms with Crippen LogP contribution in [0.2, 0.25) is 0 Å². The smallest absolute Gasteiger partial charge is 0.335 e. The molecule has 0 atom stereocenters. The van der Waals surface area contributed by atoms with Crippen LogP contribution in [-0.2, 0) is 0 Å². The van der Waals surface area contributed by atoms with Crippen molar-refractivity contribution < 1.29 is 9.90 Å². The summed E-state index contributed by atoms with van der Waals surface area (Å²) < 4.78 is 1.14. The third kappa shape index (κ3) is 2.28. The first-order valence-corrected chi connectivity index (χ1v) is 6.71. The molecule has 0 amide bonds. The van der Waals surface area contributed by atoms with Crippen LogP contribution in [-0.4, -0.2) is 11.1 Å². The van der Waals surface area contributed by atoms with Crippen molar-refractivity contribution in [3.63, 3.8) is 0 Å². The lowest BCUT2D eigenvalue weighted by Gasteiger charge is -2.01. The SMILES string of the molecule is Cc1sc(-c2ccc(C(=O)O)cc2)c(C)c1Br. The van der Waals surface area contributed by atoms with E-state index in [1.807, 2.05) is 12.1 Å². The van der Waals surface area contributed by atoms with Gasteiger partial charge in [-0.3, -0.25) is 0 Å². The van der Waals surface area contributed by atoms with Crippen molar-refractivity contribution in [1.29, 1.82) is 0 Å². The molecule has 1 N–H and O–H groups in total. The summed E-state index contributed by atoms with van der Waals surface area (Å²) in [6.07, 6.45) is 0. The van der Waals surface area contributed by atoms with E-state index in [1.54, 1.807) is 23.5 Å². The highest BCUT2D eigenvalue weighted by atomic mass is 79.9. The van der Waals surface area contributed by atoms with Crippen molar-refractivity contribution in [3.05, 3.63) is 44.7 Å². The molecule has 0 unspecified atom stereocenters. The number of aryl methyl sites for hydroxylation is 1. The van der Waals surface area contributed by atoms with Gasteiger partial charge in [0.05, 0.1) is 5.56 Å². The van der Waals surface area contributed by atoms with E-state index in [9.17, 15) is 4.79 Å². The number of rotatable bonds is 2. The van der Waals surface area contributed by atoms with Crippen molar-refractivity contribution in [1.82, 2.24) is 0 Å². The average Bonchev–Trinajstić information content (AvgIpc) is 2.57. The minimum absolute atomic E-state index is 0.318. The molecule has 88 valence electrons. The lowest BCUT2D eigenvalue weighted by Crippen LogP contribution is -1.94. The highest BCUT2D eigenvalue weighted by molar-refractivity contribution is 9.10. The molecule has 1 aromatic heterocycles. The summed E-state index contributed by atoms with van der Waals surface area (Å²) >= 11 is 5.27. The van der Waals surface area contributed by atoms with Crippen molar-refractivity contribution in [3.8, 4) is 10.4 Å². The summed E-state index contributed by atoms with van der Waals surface area (Å²) in [7, 11) is 0. The Morgan fingerprint density at radius 3 is 2.24 bits per heavy atom. The topological polar surface area (TPSA) is 37.3 Å². The second kappa shape index (κ2) is 4.63. The van der Waals surface area contributed by atoms with Gasteiger partial charge in [-0.15, -0.1) is 11.3 Å². The van der Waals surface area contributed by atoms with Gasteiger partial charge in [-0.2, -0.15) is 0 Å². The van der Waals surface area contributed by atoms with E-state index >= 15 is 0 Å². The minimum atomic E-state index is -0.892. The standard InChI is InChI=1S/C13H11BrO2S/c1-7-11(14)8(2)17-12(7)9-3-5-10(6-4-9)13(15)16/h3-6H,1-2H3,(H,15,16). The van der Waals surface area contributed by atoms with Gasteiger partial charge in [-0.1, -0.05) is 12.1 Å². The van der Waals surface area contributed by atoms with E-state index in [0.717, 1.165) is 10.0 Å². The van der Waals surface area contributed by atoms with E-state index in [1.165, 1.54) is 15.3 Å². The maximum Gasteiger partial charge on any atom is 0.335 e. The van der Waals surface area contributed by atoms with Gasteiger partial charge in [0.2, 0.25) is 0 Å². The average molecular weight is 311 g/mol. The number of benzene rings is 1. The molecule has 0 aliphatic rings. The Morgan fingerprint density at radius 2 is 1.82 bits per heavy atom. The summed E-state index contributed by atoms with van der Waals surface area (Å²) in [5.41, 5.74) is 2.58. The van der Waals surface area contributed by atoms with Crippen LogP contribution >= 0.6 is 27.3 Å². The highest BCUT2D eigenvalue weighted by Crippen LogP contribution is 2.38. The van der Waals surface area contributed by atoms with Gasteiger partial charge in [-0.25, -0.2) is 4.79 Å². The van der Waals surface area contributed by atoms with Gasteiger partial charge in [-0.05, 0) is 53.0 Å². The van der Waals surface area contributed by atoms with Crippen molar-refractivity contribution in [2.75, 3.05) is 0 Å². The molecule has 2 rings (SSSR count). The summed E-state index contributed by atoms with van der Waals surface area (Å²) in [5.74, 6) is -0.892. The fraction of sp³-hybridized carbons (Fsp3) is 0.154. The highest BCUT2D eigenvalue weighted by Gasteiger charge is 2.12. The number of thiophene rings is 1. The second-order valence-electron chi connectivity index (χ2n) is 3.81. The first-order valence-electron chi connectivity index (χ1n) is 5.10. The molecular weight excluding hydrogens is 300 g/mol. The molecule has 0 spiro atoms. The van der Waals surface area contributed by atoms with Crippen molar-refractivity contribution >= 4 is 33.2 Å². The van der Waals surface area contributed by atoms with Crippen LogP contribution in [0.5, 0.6) is 0 Å². The van der Waals surface area contributed by atoms with Crippen LogP contribution in [0.4, 0.5) is 0 Å². The molecule has 0 saturated heterocycles. The maximum atomic E-state index is 10.8. The molecule has 0 fully saturated rings. The van der Waals surface area contributed by atoms with Crippen LogP contribution < -0.4 is 0 Å². The molecular formula is C13H11BrO2S. The predicted molar refractivity (Wildman–Crippen MR) is 73.9 cm³/mol. The fourth-order valence-corrected chi connectivity index (χ4v) is 3.31. The second-order valence-corrected chi connectivity index (χ2v) is 5.83. The largest absolute Gasteiger partial charge is 0.478 e. The van der Waals surface area contributed by atoms with Gasteiger partial charge < -0.3 is 5.11 Å². The molecule has 0 aliphatic heterocycles. The van der Waals surface area contributed by atoms with E-state index in [0.29, 0.717) is 5.56 Å². The van der Waals surface area contributed by atoms with Gasteiger partial charge in [0.25, 0.3) is 0 Å². The summed E-state index contributed by atoms with van der Waals surface area (Å²) in [4.78, 5) is 13.2. The van der Waals surface area contributed by atoms with Gasteiger partial charge in [0.1, 0.15) is 0 Å². The number of hydrogen-bond acceptors (Lipinski definition) is 2. The summed E-state index contributed by atoms with van der Waals surface area (Å²) in [5, 5.41) is 8.84. The fourth-order valence-electron chi connectivity index (χ4n) is 1.68. The van der Waals surface area contributed by atoms with Gasteiger partial charge in [0, 0.05) is 14.2 Å².